The fraction of sp³-hybridized carbons (Fsp3) is 0.300. The van der Waals surface area contributed by atoms with Gasteiger partial charge in [0.15, 0.2) is 5.58 Å². The molecule has 146 valence electrons. The van der Waals surface area contributed by atoms with E-state index >= 15 is 0 Å². The minimum Gasteiger partial charge on any atom is -0.467 e. The van der Waals surface area contributed by atoms with E-state index in [1.165, 1.54) is 7.11 Å². The van der Waals surface area contributed by atoms with Crippen LogP contribution in [0.5, 0.6) is 0 Å². The number of carbonyl (C=O) groups is 2. The highest BCUT2D eigenvalue weighted by Gasteiger charge is 2.22. The summed E-state index contributed by atoms with van der Waals surface area (Å²) in [4.78, 5) is 32.7. The van der Waals surface area contributed by atoms with Gasteiger partial charge in [0.2, 0.25) is 5.89 Å². The molecule has 0 radical (unpaired) electrons. The van der Waals surface area contributed by atoms with Crippen molar-refractivity contribution in [3.8, 4) is 11.5 Å². The van der Waals surface area contributed by atoms with E-state index in [2.05, 4.69) is 20.6 Å². The third-order valence-electron chi connectivity index (χ3n) is 4.05. The van der Waals surface area contributed by atoms with Gasteiger partial charge in [-0.3, -0.25) is 4.98 Å². The van der Waals surface area contributed by atoms with E-state index in [1.807, 2.05) is 19.9 Å². The maximum absolute atomic E-state index is 12.3. The van der Waals surface area contributed by atoms with E-state index in [0.717, 1.165) is 5.56 Å². The number of rotatable bonds is 6. The van der Waals surface area contributed by atoms with Gasteiger partial charge in [-0.2, -0.15) is 0 Å². The van der Waals surface area contributed by atoms with Crippen molar-refractivity contribution < 1.29 is 18.7 Å². The number of urea groups is 1. The third kappa shape index (κ3) is 4.64. The number of nitrogens with one attached hydrogen (secondary N) is 2. The SMILES string of the molecule is COC(=O)[C@H](CC(C)C)NC(=O)Nc1ccc2oc(-c3cccnc3)nc2c1. The van der Waals surface area contributed by atoms with Crippen molar-refractivity contribution in [2.24, 2.45) is 5.92 Å². The minimum absolute atomic E-state index is 0.224. The smallest absolute Gasteiger partial charge is 0.328 e. The number of oxazole rings is 1. The molecule has 0 unspecified atom stereocenters. The molecular weight excluding hydrogens is 360 g/mol. The van der Waals surface area contributed by atoms with Gasteiger partial charge in [-0.05, 0) is 42.7 Å². The van der Waals surface area contributed by atoms with Crippen molar-refractivity contribution in [2.45, 2.75) is 26.3 Å². The molecule has 0 bridgehead atoms. The van der Waals surface area contributed by atoms with Gasteiger partial charge in [0.1, 0.15) is 11.6 Å². The predicted octanol–water partition coefficient (Wildman–Crippen LogP) is 3.60. The summed E-state index contributed by atoms with van der Waals surface area (Å²) in [6.07, 6.45) is 3.82. The number of methoxy groups -OCH3 is 1. The van der Waals surface area contributed by atoms with Gasteiger partial charge in [-0.15, -0.1) is 0 Å². The maximum atomic E-state index is 12.3. The average Bonchev–Trinajstić information content (AvgIpc) is 3.10. The number of aromatic nitrogens is 2. The second-order valence-electron chi connectivity index (χ2n) is 6.75. The molecule has 2 N–H and O–H groups in total. The molecule has 0 aliphatic rings. The number of anilines is 1. The van der Waals surface area contributed by atoms with Crippen LogP contribution in [-0.4, -0.2) is 35.1 Å². The Hall–Kier alpha value is -3.42. The molecule has 0 aliphatic heterocycles. The highest BCUT2D eigenvalue weighted by molar-refractivity contribution is 5.94. The van der Waals surface area contributed by atoms with Crippen LogP contribution >= 0.6 is 0 Å². The van der Waals surface area contributed by atoms with Crippen LogP contribution in [0.25, 0.3) is 22.6 Å². The Labute approximate surface area is 162 Å². The molecule has 0 aliphatic carbocycles. The molecule has 2 amide bonds. The number of nitrogens with zero attached hydrogens (tertiary/aromatic N) is 2. The first-order valence-corrected chi connectivity index (χ1v) is 8.92. The van der Waals surface area contributed by atoms with Gasteiger partial charge >= 0.3 is 12.0 Å². The molecule has 3 aromatic rings. The Kier molecular flexibility index (Phi) is 5.88. The van der Waals surface area contributed by atoms with E-state index in [-0.39, 0.29) is 5.92 Å². The van der Waals surface area contributed by atoms with Crippen molar-refractivity contribution in [1.82, 2.24) is 15.3 Å². The molecule has 0 saturated carbocycles. The first-order valence-electron chi connectivity index (χ1n) is 8.92. The van der Waals surface area contributed by atoms with Crippen LogP contribution in [0.1, 0.15) is 20.3 Å². The molecule has 8 nitrogen and oxygen atoms in total. The van der Waals surface area contributed by atoms with Crippen LogP contribution < -0.4 is 10.6 Å². The second kappa shape index (κ2) is 8.51. The molecule has 2 heterocycles. The van der Waals surface area contributed by atoms with E-state index in [9.17, 15) is 9.59 Å². The summed E-state index contributed by atoms with van der Waals surface area (Å²) in [7, 11) is 1.30. The number of carbonyl (C=O) groups excluding carboxylic acids is 2. The average molecular weight is 382 g/mol. The largest absolute Gasteiger partial charge is 0.467 e. The fourth-order valence-electron chi connectivity index (χ4n) is 2.77. The van der Waals surface area contributed by atoms with Crippen LogP contribution in [0.2, 0.25) is 0 Å². The predicted molar refractivity (Wildman–Crippen MR) is 105 cm³/mol. The van der Waals surface area contributed by atoms with E-state index in [4.69, 9.17) is 9.15 Å². The lowest BCUT2D eigenvalue weighted by Crippen LogP contribution is -2.44. The number of esters is 1. The van der Waals surface area contributed by atoms with Gasteiger partial charge in [-0.1, -0.05) is 13.8 Å². The van der Waals surface area contributed by atoms with Gasteiger partial charge < -0.3 is 19.8 Å². The third-order valence-corrected chi connectivity index (χ3v) is 4.05. The summed E-state index contributed by atoms with van der Waals surface area (Å²) in [5.74, 6) is 0.200. The topological polar surface area (TPSA) is 106 Å². The molecule has 0 saturated heterocycles. The summed E-state index contributed by atoms with van der Waals surface area (Å²) in [6.45, 7) is 3.93. The summed E-state index contributed by atoms with van der Waals surface area (Å²) < 4.78 is 10.5. The molecule has 0 spiro atoms. The Morgan fingerprint density at radius 2 is 2.07 bits per heavy atom. The maximum Gasteiger partial charge on any atom is 0.328 e. The first kappa shape index (κ1) is 19.3. The Bertz CT molecular complexity index is 969. The number of ether oxygens (including phenoxy) is 1. The first-order chi connectivity index (χ1) is 13.5. The van der Waals surface area contributed by atoms with Crippen LogP contribution in [0, 0.1) is 5.92 Å². The van der Waals surface area contributed by atoms with Gasteiger partial charge in [-0.25, -0.2) is 14.6 Å². The van der Waals surface area contributed by atoms with Crippen LogP contribution in [-0.2, 0) is 9.53 Å². The highest BCUT2D eigenvalue weighted by Crippen LogP contribution is 2.25. The zero-order valence-corrected chi connectivity index (χ0v) is 15.9. The molecule has 3 rings (SSSR count). The molecule has 1 atom stereocenters. The van der Waals surface area contributed by atoms with Crippen LogP contribution in [0.15, 0.2) is 47.1 Å². The Morgan fingerprint density at radius 1 is 1.25 bits per heavy atom. The lowest BCUT2D eigenvalue weighted by molar-refractivity contribution is -0.143. The summed E-state index contributed by atoms with van der Waals surface area (Å²) >= 11 is 0. The quantitative estimate of drug-likeness (QED) is 0.631. The van der Waals surface area contributed by atoms with E-state index in [0.29, 0.717) is 29.1 Å². The molecule has 1 aromatic carbocycles. The highest BCUT2D eigenvalue weighted by atomic mass is 16.5. The lowest BCUT2D eigenvalue weighted by atomic mass is 10.0. The summed E-state index contributed by atoms with van der Waals surface area (Å²) in [5.41, 5.74) is 2.49. The van der Waals surface area contributed by atoms with Crippen molar-refractivity contribution in [1.29, 1.82) is 0 Å². The number of benzene rings is 1. The van der Waals surface area contributed by atoms with Crippen molar-refractivity contribution >= 4 is 28.8 Å². The zero-order chi connectivity index (χ0) is 20.1. The van der Waals surface area contributed by atoms with Crippen molar-refractivity contribution in [2.75, 3.05) is 12.4 Å². The lowest BCUT2D eigenvalue weighted by Gasteiger charge is -2.18. The monoisotopic (exact) mass is 382 g/mol. The number of pyridine rings is 1. The van der Waals surface area contributed by atoms with Crippen LogP contribution in [0.4, 0.5) is 10.5 Å². The fourth-order valence-corrected chi connectivity index (χ4v) is 2.77. The Balaban J connectivity index is 1.73. The van der Waals surface area contributed by atoms with Gasteiger partial charge in [0.25, 0.3) is 0 Å². The minimum atomic E-state index is -0.710. The van der Waals surface area contributed by atoms with Crippen molar-refractivity contribution in [3.05, 3.63) is 42.7 Å². The standard InChI is InChI=1S/C20H22N4O4/c1-12(2)9-16(19(25)27-3)24-20(26)22-14-6-7-17-15(10-14)23-18(28-17)13-5-4-8-21-11-13/h4-8,10-12,16H,9H2,1-3H3,(H2,22,24,26)/t16-/m0/s1. The van der Waals surface area contributed by atoms with Crippen molar-refractivity contribution in [3.63, 3.8) is 0 Å². The molecule has 2 aromatic heterocycles. The van der Waals surface area contributed by atoms with E-state index in [1.54, 1.807) is 36.7 Å². The molecule has 0 fully saturated rings. The molecular formula is C20H22N4O4. The number of hydrogen-bond donors (Lipinski definition) is 2. The Morgan fingerprint density at radius 3 is 2.75 bits per heavy atom. The van der Waals surface area contributed by atoms with Gasteiger partial charge in [0, 0.05) is 18.1 Å². The molecule has 28 heavy (non-hydrogen) atoms. The number of amides is 2. The van der Waals surface area contributed by atoms with Gasteiger partial charge in [0.05, 0.1) is 12.7 Å². The van der Waals surface area contributed by atoms with Crippen LogP contribution in [0.3, 0.4) is 0 Å². The molecule has 8 heteroatoms. The second-order valence-corrected chi connectivity index (χ2v) is 6.75. The number of fused-ring (bicyclic) bond motifs is 1. The summed E-state index contributed by atoms with van der Waals surface area (Å²) in [5, 5.41) is 5.36. The summed E-state index contributed by atoms with van der Waals surface area (Å²) in [6, 6.07) is 7.58. The van der Waals surface area contributed by atoms with E-state index < -0.39 is 18.0 Å². The number of hydrogen-bond acceptors (Lipinski definition) is 6. The normalized spacial score (nSPS) is 12.0. The zero-order valence-electron chi connectivity index (χ0n) is 15.9.